The van der Waals surface area contributed by atoms with Crippen LogP contribution in [0, 0.1) is 27.7 Å². The van der Waals surface area contributed by atoms with E-state index in [0.717, 1.165) is 34.2 Å². The van der Waals surface area contributed by atoms with Gasteiger partial charge in [0.2, 0.25) is 21.7 Å². The van der Waals surface area contributed by atoms with Crippen molar-refractivity contribution in [3.63, 3.8) is 0 Å². The Labute approximate surface area is 171 Å². The summed E-state index contributed by atoms with van der Waals surface area (Å²) in [7, 11) is -3.66. The smallest absolute Gasteiger partial charge is 0.245 e. The van der Waals surface area contributed by atoms with Crippen molar-refractivity contribution >= 4 is 10.0 Å². The van der Waals surface area contributed by atoms with Crippen LogP contribution in [-0.2, 0) is 10.0 Å². The summed E-state index contributed by atoms with van der Waals surface area (Å²) < 4.78 is 34.0. The van der Waals surface area contributed by atoms with Crippen LogP contribution < -0.4 is 0 Å². The van der Waals surface area contributed by atoms with E-state index in [1.807, 2.05) is 58.0 Å². The summed E-state index contributed by atoms with van der Waals surface area (Å²) >= 11 is 0. The third kappa shape index (κ3) is 3.49. The zero-order chi connectivity index (χ0) is 20.8. The lowest BCUT2D eigenvalue weighted by molar-refractivity contribution is 0.290. The van der Waals surface area contributed by atoms with Gasteiger partial charge in [-0.25, -0.2) is 8.42 Å². The molecule has 3 aromatic rings. The van der Waals surface area contributed by atoms with Crippen molar-refractivity contribution in [3.8, 4) is 11.4 Å². The molecule has 0 aliphatic carbocycles. The average Bonchev–Trinajstić information content (AvgIpc) is 3.34. The Hall–Kier alpha value is -2.51. The second kappa shape index (κ2) is 7.39. The Balaban J connectivity index is 1.70. The van der Waals surface area contributed by atoms with Crippen molar-refractivity contribution in [1.82, 2.24) is 14.4 Å². The van der Waals surface area contributed by atoms with Gasteiger partial charge in [0, 0.05) is 12.1 Å². The minimum Gasteiger partial charge on any atom is -0.337 e. The zero-order valence-corrected chi connectivity index (χ0v) is 18.0. The Morgan fingerprint density at radius 1 is 1.00 bits per heavy atom. The molecule has 1 aliphatic rings. The molecule has 2 heterocycles. The normalized spacial score (nSPS) is 17.7. The molecule has 0 spiro atoms. The molecule has 0 amide bonds. The maximum atomic E-state index is 13.5. The highest BCUT2D eigenvalue weighted by Crippen LogP contribution is 2.37. The Kier molecular flexibility index (Phi) is 5.04. The average molecular weight is 412 g/mol. The first-order valence-electron chi connectivity index (χ1n) is 9.78. The molecule has 7 heteroatoms. The second-order valence-electron chi connectivity index (χ2n) is 7.75. The van der Waals surface area contributed by atoms with Gasteiger partial charge in [0.1, 0.15) is 6.04 Å². The fraction of sp³-hybridized carbons (Fsp3) is 0.364. The van der Waals surface area contributed by atoms with Gasteiger partial charge < -0.3 is 4.52 Å². The third-order valence-corrected chi connectivity index (χ3v) is 7.74. The predicted octanol–water partition coefficient (Wildman–Crippen LogP) is 4.50. The number of hydrogen-bond donors (Lipinski definition) is 0. The molecule has 6 nitrogen and oxygen atoms in total. The van der Waals surface area contributed by atoms with Crippen LogP contribution in [0.15, 0.2) is 45.8 Å². The first-order chi connectivity index (χ1) is 13.8. The van der Waals surface area contributed by atoms with Crippen molar-refractivity contribution in [2.75, 3.05) is 6.54 Å². The Bertz CT molecular complexity index is 1170. The molecular formula is C22H25N3O3S. The van der Waals surface area contributed by atoms with Crippen molar-refractivity contribution < 1.29 is 12.9 Å². The van der Waals surface area contributed by atoms with Crippen LogP contribution in [0.5, 0.6) is 0 Å². The van der Waals surface area contributed by atoms with Crippen molar-refractivity contribution in [3.05, 3.63) is 64.5 Å². The maximum absolute atomic E-state index is 13.5. The van der Waals surface area contributed by atoms with Gasteiger partial charge in [-0.2, -0.15) is 9.29 Å². The SMILES string of the molecule is Cc1cc(C)c(S(=O)(=O)N2CCC[C@H]2c2nc(-c3ccccc3C)no2)cc1C. The van der Waals surface area contributed by atoms with E-state index in [2.05, 4.69) is 10.1 Å². The topological polar surface area (TPSA) is 76.3 Å². The lowest BCUT2D eigenvalue weighted by Gasteiger charge is -2.23. The summed E-state index contributed by atoms with van der Waals surface area (Å²) in [6.07, 6.45) is 1.42. The van der Waals surface area contributed by atoms with Crippen molar-refractivity contribution in [2.24, 2.45) is 0 Å². The summed E-state index contributed by atoms with van der Waals surface area (Å²) in [6, 6.07) is 11.1. The number of aromatic nitrogens is 2. The maximum Gasteiger partial charge on any atom is 0.245 e. The lowest BCUT2D eigenvalue weighted by Crippen LogP contribution is -2.31. The predicted molar refractivity (Wildman–Crippen MR) is 111 cm³/mol. The number of aryl methyl sites for hydroxylation is 4. The molecular weight excluding hydrogens is 386 g/mol. The summed E-state index contributed by atoms with van der Waals surface area (Å²) in [4.78, 5) is 4.90. The third-order valence-electron chi connectivity index (χ3n) is 5.69. The number of rotatable bonds is 4. The molecule has 1 atom stereocenters. The van der Waals surface area contributed by atoms with Crippen LogP contribution in [0.4, 0.5) is 0 Å². The number of hydrogen-bond acceptors (Lipinski definition) is 5. The van der Waals surface area contributed by atoms with Gasteiger partial charge in [-0.05, 0) is 68.9 Å². The van der Waals surface area contributed by atoms with Gasteiger partial charge >= 0.3 is 0 Å². The fourth-order valence-corrected chi connectivity index (χ4v) is 5.86. The van der Waals surface area contributed by atoms with E-state index in [4.69, 9.17) is 4.52 Å². The summed E-state index contributed by atoms with van der Waals surface area (Å²) in [6.45, 7) is 8.19. The van der Waals surface area contributed by atoms with Gasteiger partial charge in [0.25, 0.3) is 0 Å². The summed E-state index contributed by atoms with van der Waals surface area (Å²) in [5, 5.41) is 4.12. The van der Waals surface area contributed by atoms with Crippen LogP contribution >= 0.6 is 0 Å². The molecule has 152 valence electrons. The largest absolute Gasteiger partial charge is 0.337 e. The molecule has 29 heavy (non-hydrogen) atoms. The summed E-state index contributed by atoms with van der Waals surface area (Å²) in [5.41, 5.74) is 4.73. The van der Waals surface area contributed by atoms with E-state index in [1.54, 1.807) is 6.07 Å². The molecule has 2 aromatic carbocycles. The van der Waals surface area contributed by atoms with Gasteiger partial charge in [0.15, 0.2) is 0 Å². The first-order valence-corrected chi connectivity index (χ1v) is 11.2. The van der Waals surface area contributed by atoms with E-state index in [-0.39, 0.29) is 0 Å². The molecule has 1 saturated heterocycles. The minimum absolute atomic E-state index is 0.353. The van der Waals surface area contributed by atoms with Gasteiger partial charge in [-0.15, -0.1) is 0 Å². The zero-order valence-electron chi connectivity index (χ0n) is 17.1. The van der Waals surface area contributed by atoms with Crippen molar-refractivity contribution in [1.29, 1.82) is 0 Å². The standard InChI is InChI=1S/C22H25N3O3S/c1-14-8-5-6-9-18(14)21-23-22(28-24-21)19-10-7-11-25(19)29(26,27)20-13-16(3)15(2)12-17(20)4/h5-6,8-9,12-13,19H,7,10-11H2,1-4H3/t19-/m0/s1. The highest BCUT2D eigenvalue weighted by molar-refractivity contribution is 7.89. The van der Waals surface area contributed by atoms with E-state index in [0.29, 0.717) is 29.6 Å². The molecule has 0 bridgehead atoms. The van der Waals surface area contributed by atoms with E-state index < -0.39 is 16.1 Å². The van der Waals surface area contributed by atoms with Crippen LogP contribution in [-0.4, -0.2) is 29.4 Å². The minimum atomic E-state index is -3.66. The van der Waals surface area contributed by atoms with Gasteiger partial charge in [-0.3, -0.25) is 0 Å². The van der Waals surface area contributed by atoms with E-state index in [9.17, 15) is 8.42 Å². The molecule has 0 radical (unpaired) electrons. The fourth-order valence-electron chi connectivity index (χ4n) is 3.92. The van der Waals surface area contributed by atoms with Crippen LogP contribution in [0.2, 0.25) is 0 Å². The Morgan fingerprint density at radius 2 is 1.72 bits per heavy atom. The number of sulfonamides is 1. The Morgan fingerprint density at radius 3 is 2.48 bits per heavy atom. The molecule has 0 N–H and O–H groups in total. The first kappa shape index (κ1) is 19.8. The van der Waals surface area contributed by atoms with E-state index in [1.165, 1.54) is 4.31 Å². The highest BCUT2D eigenvalue weighted by atomic mass is 32.2. The van der Waals surface area contributed by atoms with Crippen LogP contribution in [0.25, 0.3) is 11.4 Å². The van der Waals surface area contributed by atoms with Gasteiger partial charge in [0.05, 0.1) is 4.90 Å². The molecule has 1 aromatic heterocycles. The second-order valence-corrected chi connectivity index (χ2v) is 9.61. The van der Waals surface area contributed by atoms with Crippen molar-refractivity contribution in [2.45, 2.75) is 51.5 Å². The lowest BCUT2D eigenvalue weighted by atomic mass is 10.1. The van der Waals surface area contributed by atoms with Crippen LogP contribution in [0.1, 0.15) is 47.0 Å². The van der Waals surface area contributed by atoms with E-state index >= 15 is 0 Å². The van der Waals surface area contributed by atoms with Gasteiger partial charge in [-0.1, -0.05) is 35.5 Å². The number of nitrogens with zero attached hydrogens (tertiary/aromatic N) is 3. The molecule has 0 unspecified atom stereocenters. The monoisotopic (exact) mass is 411 g/mol. The molecule has 1 aliphatic heterocycles. The number of benzene rings is 2. The molecule has 0 saturated carbocycles. The quantitative estimate of drug-likeness (QED) is 0.632. The summed E-state index contributed by atoms with van der Waals surface area (Å²) in [5.74, 6) is 0.843. The highest BCUT2D eigenvalue weighted by Gasteiger charge is 2.40. The molecule has 1 fully saturated rings. The molecule has 4 rings (SSSR count). The van der Waals surface area contributed by atoms with Crippen LogP contribution in [0.3, 0.4) is 0 Å².